The molecule has 0 saturated heterocycles. The Balaban J connectivity index is 1.20. The van der Waals surface area contributed by atoms with E-state index in [0.717, 1.165) is 41.6 Å². The van der Waals surface area contributed by atoms with Gasteiger partial charge in [-0.15, -0.1) is 10.2 Å². The fourth-order valence-corrected chi connectivity index (χ4v) is 3.85. The second-order valence-corrected chi connectivity index (χ2v) is 7.60. The molecule has 1 atom stereocenters. The van der Waals surface area contributed by atoms with Gasteiger partial charge in [-0.1, -0.05) is 18.2 Å². The van der Waals surface area contributed by atoms with Gasteiger partial charge in [-0.05, 0) is 56.5 Å². The summed E-state index contributed by atoms with van der Waals surface area (Å²) in [5, 5.41) is 9.07. The molecule has 7 heteroatoms. The molecule has 0 aliphatic heterocycles. The molecule has 0 fully saturated rings. The van der Waals surface area contributed by atoms with Gasteiger partial charge < -0.3 is 18.3 Å². The summed E-state index contributed by atoms with van der Waals surface area (Å²) < 4.78 is 22.6. The number of aromatic nitrogens is 2. The van der Waals surface area contributed by atoms with Gasteiger partial charge in [0, 0.05) is 22.9 Å². The highest BCUT2D eigenvalue weighted by Crippen LogP contribution is 2.34. The standard InChI is InChI=1S/C24H22N2O5/c1-15(23-25-26-24(31-23)16-7-3-2-4-8-16)29-22(27)14-28-17-11-12-21-19(13-17)18-9-5-6-10-20(18)30-21/h2-4,7-8,11-13,15H,5-6,9-10,14H2,1H3/t15-/m0/s1. The normalized spacial score (nSPS) is 14.2. The summed E-state index contributed by atoms with van der Waals surface area (Å²) >= 11 is 0. The Morgan fingerprint density at radius 2 is 1.90 bits per heavy atom. The smallest absolute Gasteiger partial charge is 0.344 e. The van der Waals surface area contributed by atoms with E-state index < -0.39 is 12.1 Å². The second-order valence-electron chi connectivity index (χ2n) is 7.60. The topological polar surface area (TPSA) is 87.6 Å². The van der Waals surface area contributed by atoms with Crippen LogP contribution in [0.2, 0.25) is 0 Å². The van der Waals surface area contributed by atoms with Gasteiger partial charge in [0.25, 0.3) is 5.89 Å². The van der Waals surface area contributed by atoms with Crippen molar-refractivity contribution in [2.24, 2.45) is 0 Å². The zero-order chi connectivity index (χ0) is 21.2. The lowest BCUT2D eigenvalue weighted by atomic mass is 9.96. The Labute approximate surface area is 179 Å². The minimum Gasteiger partial charge on any atom is -0.482 e. The number of nitrogens with zero attached hydrogens (tertiary/aromatic N) is 2. The Kier molecular flexibility index (Phi) is 5.16. The maximum Gasteiger partial charge on any atom is 0.344 e. The number of hydrogen-bond donors (Lipinski definition) is 0. The molecular formula is C24H22N2O5. The van der Waals surface area contributed by atoms with Crippen molar-refractivity contribution >= 4 is 16.9 Å². The maximum absolute atomic E-state index is 12.3. The Bertz CT molecular complexity index is 1210. The molecule has 0 saturated carbocycles. The number of rotatable bonds is 6. The van der Waals surface area contributed by atoms with E-state index in [1.54, 1.807) is 13.0 Å². The number of hydrogen-bond acceptors (Lipinski definition) is 7. The molecule has 158 valence electrons. The summed E-state index contributed by atoms with van der Waals surface area (Å²) in [6, 6.07) is 15.0. The fraction of sp³-hybridized carbons (Fsp3) is 0.292. The molecule has 0 bridgehead atoms. The summed E-state index contributed by atoms with van der Waals surface area (Å²) in [6.45, 7) is 1.47. The van der Waals surface area contributed by atoms with Crippen molar-refractivity contribution in [2.75, 3.05) is 6.61 Å². The number of esters is 1. The quantitative estimate of drug-likeness (QED) is 0.405. The van der Waals surface area contributed by atoms with Crippen LogP contribution >= 0.6 is 0 Å². The van der Waals surface area contributed by atoms with E-state index in [0.29, 0.717) is 11.6 Å². The molecule has 2 aromatic heterocycles. The number of carbonyl (C=O) groups excluding carboxylic acids is 1. The Hall–Kier alpha value is -3.61. The first-order valence-corrected chi connectivity index (χ1v) is 10.4. The van der Waals surface area contributed by atoms with E-state index in [-0.39, 0.29) is 12.5 Å². The summed E-state index contributed by atoms with van der Waals surface area (Å²) in [6.07, 6.45) is 3.64. The first kappa shape index (κ1) is 19.4. The monoisotopic (exact) mass is 418 g/mol. The van der Waals surface area contributed by atoms with Crippen LogP contribution in [0.1, 0.15) is 43.1 Å². The van der Waals surface area contributed by atoms with Crippen molar-refractivity contribution < 1.29 is 23.1 Å². The molecule has 0 N–H and O–H groups in total. The predicted molar refractivity (Wildman–Crippen MR) is 113 cm³/mol. The first-order valence-electron chi connectivity index (χ1n) is 10.4. The molecule has 4 aromatic rings. The van der Waals surface area contributed by atoms with Crippen LogP contribution < -0.4 is 4.74 Å². The summed E-state index contributed by atoms with van der Waals surface area (Å²) in [5.41, 5.74) is 2.93. The maximum atomic E-state index is 12.3. The molecule has 1 aliphatic rings. The highest BCUT2D eigenvalue weighted by molar-refractivity contribution is 5.84. The van der Waals surface area contributed by atoms with Crippen molar-refractivity contribution in [3.63, 3.8) is 0 Å². The van der Waals surface area contributed by atoms with Crippen molar-refractivity contribution in [1.29, 1.82) is 0 Å². The van der Waals surface area contributed by atoms with Crippen LogP contribution in [-0.2, 0) is 22.4 Å². The number of carbonyl (C=O) groups is 1. The lowest BCUT2D eigenvalue weighted by molar-refractivity contribution is -0.152. The third-order valence-corrected chi connectivity index (χ3v) is 5.40. The molecular weight excluding hydrogens is 396 g/mol. The van der Waals surface area contributed by atoms with Crippen LogP contribution in [0.4, 0.5) is 0 Å². The highest BCUT2D eigenvalue weighted by atomic mass is 16.6. The summed E-state index contributed by atoms with van der Waals surface area (Å²) in [5.74, 6) is 1.78. The summed E-state index contributed by atoms with van der Waals surface area (Å²) in [4.78, 5) is 12.3. The third-order valence-electron chi connectivity index (χ3n) is 5.40. The van der Waals surface area contributed by atoms with E-state index >= 15 is 0 Å². The predicted octanol–water partition coefficient (Wildman–Crippen LogP) is 5.04. The van der Waals surface area contributed by atoms with E-state index in [2.05, 4.69) is 10.2 Å². The molecule has 0 amide bonds. The lowest BCUT2D eigenvalue weighted by Gasteiger charge is -2.11. The van der Waals surface area contributed by atoms with Crippen LogP contribution in [0.5, 0.6) is 5.75 Å². The number of fused-ring (bicyclic) bond motifs is 3. The summed E-state index contributed by atoms with van der Waals surface area (Å²) in [7, 11) is 0. The largest absolute Gasteiger partial charge is 0.482 e. The molecule has 2 heterocycles. The van der Waals surface area contributed by atoms with Crippen LogP contribution in [0, 0.1) is 0 Å². The minimum atomic E-state index is -0.676. The van der Waals surface area contributed by atoms with Crippen molar-refractivity contribution in [3.05, 3.63) is 65.7 Å². The molecule has 2 aromatic carbocycles. The SMILES string of the molecule is C[C@H](OC(=O)COc1ccc2oc3c(c2c1)CCCC3)c1nnc(-c2ccccc2)o1. The molecule has 0 unspecified atom stereocenters. The van der Waals surface area contributed by atoms with Gasteiger partial charge >= 0.3 is 5.97 Å². The number of furan rings is 1. The van der Waals surface area contributed by atoms with Gasteiger partial charge in [-0.2, -0.15) is 0 Å². The first-order chi connectivity index (χ1) is 15.2. The van der Waals surface area contributed by atoms with Gasteiger partial charge in [-0.25, -0.2) is 4.79 Å². The zero-order valence-electron chi connectivity index (χ0n) is 17.2. The van der Waals surface area contributed by atoms with E-state index in [4.69, 9.17) is 18.3 Å². The van der Waals surface area contributed by atoms with Crippen LogP contribution in [-0.4, -0.2) is 22.8 Å². The zero-order valence-corrected chi connectivity index (χ0v) is 17.2. The molecule has 7 nitrogen and oxygen atoms in total. The van der Waals surface area contributed by atoms with Crippen LogP contribution in [0.15, 0.2) is 57.4 Å². The van der Waals surface area contributed by atoms with Gasteiger partial charge in [0.1, 0.15) is 17.1 Å². The Morgan fingerprint density at radius 1 is 1.06 bits per heavy atom. The average molecular weight is 418 g/mol. The third kappa shape index (κ3) is 4.03. The number of aryl methyl sites for hydroxylation is 2. The van der Waals surface area contributed by atoms with Gasteiger partial charge in [-0.3, -0.25) is 0 Å². The van der Waals surface area contributed by atoms with E-state index in [1.165, 1.54) is 12.0 Å². The van der Waals surface area contributed by atoms with Crippen LogP contribution in [0.3, 0.4) is 0 Å². The highest BCUT2D eigenvalue weighted by Gasteiger charge is 2.20. The Morgan fingerprint density at radius 3 is 2.77 bits per heavy atom. The molecule has 1 aliphatic carbocycles. The van der Waals surface area contributed by atoms with Gasteiger partial charge in [0.05, 0.1) is 0 Å². The lowest BCUT2D eigenvalue weighted by Crippen LogP contribution is -2.17. The molecule has 0 radical (unpaired) electrons. The minimum absolute atomic E-state index is 0.213. The number of ether oxygens (including phenoxy) is 2. The molecule has 0 spiro atoms. The van der Waals surface area contributed by atoms with E-state index in [9.17, 15) is 4.79 Å². The van der Waals surface area contributed by atoms with Crippen molar-refractivity contribution in [2.45, 2.75) is 38.7 Å². The van der Waals surface area contributed by atoms with Crippen molar-refractivity contribution in [3.8, 4) is 17.2 Å². The fourth-order valence-electron chi connectivity index (χ4n) is 3.85. The average Bonchev–Trinajstić information content (AvgIpc) is 3.43. The van der Waals surface area contributed by atoms with Crippen molar-refractivity contribution in [1.82, 2.24) is 10.2 Å². The van der Waals surface area contributed by atoms with Gasteiger partial charge in [0.15, 0.2) is 12.7 Å². The second kappa shape index (κ2) is 8.26. The van der Waals surface area contributed by atoms with E-state index in [1.807, 2.05) is 42.5 Å². The molecule has 5 rings (SSSR count). The number of benzene rings is 2. The molecule has 31 heavy (non-hydrogen) atoms. The van der Waals surface area contributed by atoms with Gasteiger partial charge in [0.2, 0.25) is 5.89 Å². The van der Waals surface area contributed by atoms with Crippen LogP contribution in [0.25, 0.3) is 22.4 Å².